The molecule has 0 saturated heterocycles. The minimum atomic E-state index is 0.285. The summed E-state index contributed by atoms with van der Waals surface area (Å²) in [6.07, 6.45) is 1.67. The Morgan fingerprint density at radius 2 is 1.95 bits per heavy atom. The summed E-state index contributed by atoms with van der Waals surface area (Å²) in [6, 6.07) is 10.1. The molecule has 0 amide bonds. The number of anilines is 1. The van der Waals surface area contributed by atoms with Crippen molar-refractivity contribution in [2.75, 3.05) is 11.9 Å². The Bertz CT molecular complexity index is 580. The largest absolute Gasteiger partial charge is 0.388 e. The van der Waals surface area contributed by atoms with Gasteiger partial charge in [-0.25, -0.2) is 9.97 Å². The van der Waals surface area contributed by atoms with Gasteiger partial charge in [0.25, 0.3) is 0 Å². The van der Waals surface area contributed by atoms with Crippen molar-refractivity contribution < 1.29 is 0 Å². The first-order valence-corrected chi connectivity index (χ1v) is 6.36. The second-order valence-corrected chi connectivity index (χ2v) is 4.89. The highest BCUT2D eigenvalue weighted by Gasteiger charge is 2.07. The van der Waals surface area contributed by atoms with Gasteiger partial charge in [0.15, 0.2) is 0 Å². The fraction of sp³-hybridized carbons (Fsp3) is 0.214. The maximum Gasteiger partial charge on any atom is 0.225 e. The maximum atomic E-state index is 5.57. The van der Waals surface area contributed by atoms with Crippen LogP contribution >= 0.6 is 12.2 Å². The van der Waals surface area contributed by atoms with Crippen molar-refractivity contribution in [2.45, 2.75) is 13.5 Å². The van der Waals surface area contributed by atoms with Crippen LogP contribution in [0.1, 0.15) is 16.8 Å². The molecule has 19 heavy (non-hydrogen) atoms. The summed E-state index contributed by atoms with van der Waals surface area (Å²) in [5.74, 6) is 0.617. The molecular formula is C14H16N4S. The van der Waals surface area contributed by atoms with E-state index in [-0.39, 0.29) is 4.99 Å². The van der Waals surface area contributed by atoms with Crippen LogP contribution in [0.5, 0.6) is 0 Å². The molecule has 1 aromatic heterocycles. The smallest absolute Gasteiger partial charge is 0.225 e. The molecule has 98 valence electrons. The van der Waals surface area contributed by atoms with Crippen LogP contribution in [0.4, 0.5) is 5.95 Å². The highest BCUT2D eigenvalue weighted by molar-refractivity contribution is 7.80. The molecule has 0 bridgehead atoms. The van der Waals surface area contributed by atoms with Crippen LogP contribution in [0.15, 0.2) is 36.5 Å². The molecule has 0 saturated carbocycles. The molecule has 0 aliphatic rings. The van der Waals surface area contributed by atoms with Gasteiger partial charge >= 0.3 is 0 Å². The van der Waals surface area contributed by atoms with Crippen molar-refractivity contribution in [3.63, 3.8) is 0 Å². The molecule has 4 nitrogen and oxygen atoms in total. The van der Waals surface area contributed by atoms with E-state index in [1.807, 2.05) is 11.9 Å². The molecule has 0 fully saturated rings. The normalized spacial score (nSPS) is 10.2. The number of hydrogen-bond donors (Lipinski definition) is 1. The van der Waals surface area contributed by atoms with Crippen LogP contribution in [0.2, 0.25) is 0 Å². The molecule has 0 radical (unpaired) electrons. The zero-order valence-electron chi connectivity index (χ0n) is 11.0. The topological polar surface area (TPSA) is 55.0 Å². The Balaban J connectivity index is 2.15. The van der Waals surface area contributed by atoms with Crippen LogP contribution in [0.3, 0.4) is 0 Å². The van der Waals surface area contributed by atoms with Gasteiger partial charge in [0.05, 0.1) is 0 Å². The monoisotopic (exact) mass is 272 g/mol. The third-order valence-electron chi connectivity index (χ3n) is 2.78. The van der Waals surface area contributed by atoms with Gasteiger partial charge in [-0.05, 0) is 18.6 Å². The second kappa shape index (κ2) is 5.75. The third-order valence-corrected chi connectivity index (χ3v) is 2.99. The van der Waals surface area contributed by atoms with Crippen molar-refractivity contribution in [3.05, 3.63) is 53.3 Å². The molecular weight excluding hydrogens is 256 g/mol. The van der Waals surface area contributed by atoms with Crippen molar-refractivity contribution in [2.24, 2.45) is 5.73 Å². The summed E-state index contributed by atoms with van der Waals surface area (Å²) in [7, 11) is 1.94. The first-order valence-electron chi connectivity index (χ1n) is 5.96. The van der Waals surface area contributed by atoms with Crippen LogP contribution in [0.25, 0.3) is 0 Å². The molecule has 0 aliphatic heterocycles. The summed E-state index contributed by atoms with van der Waals surface area (Å²) in [5, 5.41) is 0. The Morgan fingerprint density at radius 1 is 1.26 bits per heavy atom. The van der Waals surface area contributed by atoms with E-state index < -0.39 is 0 Å². The van der Waals surface area contributed by atoms with Gasteiger partial charge in [0.2, 0.25) is 5.95 Å². The van der Waals surface area contributed by atoms with Gasteiger partial charge < -0.3 is 10.6 Å². The van der Waals surface area contributed by atoms with Gasteiger partial charge in [0, 0.05) is 19.8 Å². The number of nitrogens with two attached hydrogens (primary N) is 1. The lowest BCUT2D eigenvalue weighted by Crippen LogP contribution is -2.21. The number of hydrogen-bond acceptors (Lipinski definition) is 4. The molecule has 0 unspecified atom stereocenters. The molecule has 2 aromatic rings. The standard InChI is InChI=1S/C14H16N4S/c1-10-3-5-11(6-4-10)9-18(2)14-16-8-7-12(17-14)13(15)19/h3-8H,9H2,1-2H3,(H2,15,19). The second-order valence-electron chi connectivity index (χ2n) is 4.45. The molecule has 0 atom stereocenters. The van der Waals surface area contributed by atoms with Crippen molar-refractivity contribution in [3.8, 4) is 0 Å². The van der Waals surface area contributed by atoms with Crippen LogP contribution in [-0.4, -0.2) is 22.0 Å². The number of benzene rings is 1. The predicted octanol–water partition coefficient (Wildman–Crippen LogP) is 2.06. The van der Waals surface area contributed by atoms with Crippen LogP contribution in [0, 0.1) is 6.92 Å². The van der Waals surface area contributed by atoms with Crippen molar-refractivity contribution in [1.82, 2.24) is 9.97 Å². The number of rotatable bonds is 4. The number of nitrogens with zero attached hydrogens (tertiary/aromatic N) is 3. The van der Waals surface area contributed by atoms with Gasteiger partial charge in [-0.3, -0.25) is 0 Å². The van der Waals surface area contributed by atoms with Gasteiger partial charge in [-0.15, -0.1) is 0 Å². The van der Waals surface area contributed by atoms with Gasteiger partial charge in [-0.1, -0.05) is 42.0 Å². The fourth-order valence-electron chi connectivity index (χ4n) is 1.71. The average Bonchev–Trinajstić information content (AvgIpc) is 2.41. The SMILES string of the molecule is Cc1ccc(CN(C)c2nccc(C(N)=S)n2)cc1. The van der Waals surface area contributed by atoms with Crippen molar-refractivity contribution in [1.29, 1.82) is 0 Å². The Hall–Kier alpha value is -2.01. The van der Waals surface area contributed by atoms with E-state index in [9.17, 15) is 0 Å². The molecule has 1 heterocycles. The summed E-state index contributed by atoms with van der Waals surface area (Å²) in [6.45, 7) is 2.81. The first kappa shape index (κ1) is 13.4. The highest BCUT2D eigenvalue weighted by atomic mass is 32.1. The quantitative estimate of drug-likeness (QED) is 0.863. The van der Waals surface area contributed by atoms with E-state index in [0.29, 0.717) is 11.6 Å². The van der Waals surface area contributed by atoms with E-state index in [2.05, 4.69) is 41.2 Å². The van der Waals surface area contributed by atoms with Gasteiger partial charge in [0.1, 0.15) is 10.7 Å². The van der Waals surface area contributed by atoms with Gasteiger partial charge in [-0.2, -0.15) is 0 Å². The van der Waals surface area contributed by atoms with E-state index in [1.54, 1.807) is 12.3 Å². The Kier molecular flexibility index (Phi) is 4.06. The van der Waals surface area contributed by atoms with Crippen molar-refractivity contribution >= 4 is 23.2 Å². The maximum absolute atomic E-state index is 5.57. The fourth-order valence-corrected chi connectivity index (χ4v) is 1.82. The molecule has 2 N–H and O–H groups in total. The third kappa shape index (κ3) is 3.48. The van der Waals surface area contributed by atoms with E-state index >= 15 is 0 Å². The Morgan fingerprint density at radius 3 is 2.58 bits per heavy atom. The molecule has 0 aliphatic carbocycles. The predicted molar refractivity (Wildman–Crippen MR) is 81.2 cm³/mol. The summed E-state index contributed by atoms with van der Waals surface area (Å²) in [4.78, 5) is 10.8. The Labute approximate surface area is 118 Å². The molecule has 0 spiro atoms. The molecule has 5 heteroatoms. The zero-order chi connectivity index (χ0) is 13.8. The minimum Gasteiger partial charge on any atom is -0.388 e. The van der Waals surface area contributed by atoms with E-state index in [0.717, 1.165) is 6.54 Å². The zero-order valence-corrected chi connectivity index (χ0v) is 11.8. The number of aryl methyl sites for hydroxylation is 1. The lowest BCUT2D eigenvalue weighted by Gasteiger charge is -2.17. The molecule has 2 rings (SSSR count). The summed E-state index contributed by atoms with van der Waals surface area (Å²) >= 11 is 4.92. The number of aromatic nitrogens is 2. The first-order chi connectivity index (χ1) is 9.06. The summed E-state index contributed by atoms with van der Waals surface area (Å²) in [5.41, 5.74) is 8.62. The highest BCUT2D eigenvalue weighted by Crippen LogP contribution is 2.11. The number of thiocarbonyl (C=S) groups is 1. The minimum absolute atomic E-state index is 0.285. The van der Waals surface area contributed by atoms with Crippen LogP contribution in [-0.2, 0) is 6.54 Å². The lowest BCUT2D eigenvalue weighted by atomic mass is 10.1. The summed E-state index contributed by atoms with van der Waals surface area (Å²) < 4.78 is 0. The van der Waals surface area contributed by atoms with Crippen LogP contribution < -0.4 is 10.6 Å². The van der Waals surface area contributed by atoms with E-state index in [1.165, 1.54) is 11.1 Å². The average molecular weight is 272 g/mol. The molecule has 1 aromatic carbocycles. The van der Waals surface area contributed by atoms with E-state index in [4.69, 9.17) is 18.0 Å². The lowest BCUT2D eigenvalue weighted by molar-refractivity contribution is 0.864.